The van der Waals surface area contributed by atoms with Crippen molar-refractivity contribution in [2.24, 2.45) is 0 Å². The molecule has 2 aromatic carbocycles. The standard InChI is InChI=1S/C23H23N5O5/c1-13(2)28(11-19(29)30)21(31)20-24-22(27-26-20)25-23(32)33-12-18-16-9-5-3-7-14(16)15-8-4-6-10-17(15)18/h3-10,13,18H,11-12H2,1-2H3,(H,29,30)(H2,24,25,26,27,32). The number of fused-ring (bicyclic) bond motifs is 3. The van der Waals surface area contributed by atoms with Gasteiger partial charge in [0.2, 0.25) is 5.82 Å². The highest BCUT2D eigenvalue weighted by Gasteiger charge is 2.29. The Labute approximate surface area is 189 Å². The predicted molar refractivity (Wildman–Crippen MR) is 119 cm³/mol. The second-order valence-electron chi connectivity index (χ2n) is 7.88. The first-order chi connectivity index (χ1) is 15.8. The van der Waals surface area contributed by atoms with E-state index in [9.17, 15) is 14.4 Å². The maximum absolute atomic E-state index is 12.5. The van der Waals surface area contributed by atoms with Gasteiger partial charge in [-0.05, 0) is 36.1 Å². The van der Waals surface area contributed by atoms with Gasteiger partial charge in [0.15, 0.2) is 0 Å². The molecule has 3 aromatic rings. The number of benzene rings is 2. The van der Waals surface area contributed by atoms with Gasteiger partial charge in [0, 0.05) is 12.0 Å². The third-order valence-corrected chi connectivity index (χ3v) is 5.44. The molecular weight excluding hydrogens is 426 g/mol. The minimum atomic E-state index is -1.14. The summed E-state index contributed by atoms with van der Waals surface area (Å²) < 4.78 is 5.43. The first-order valence-corrected chi connectivity index (χ1v) is 10.4. The molecule has 0 saturated carbocycles. The fourth-order valence-corrected chi connectivity index (χ4v) is 3.91. The van der Waals surface area contributed by atoms with Gasteiger partial charge in [-0.3, -0.25) is 20.0 Å². The van der Waals surface area contributed by atoms with E-state index in [1.165, 1.54) is 0 Å². The van der Waals surface area contributed by atoms with Crippen molar-refractivity contribution in [1.82, 2.24) is 20.1 Å². The Morgan fingerprint density at radius 2 is 1.70 bits per heavy atom. The molecule has 1 aliphatic rings. The van der Waals surface area contributed by atoms with Gasteiger partial charge in [-0.1, -0.05) is 48.5 Å². The quantitative estimate of drug-likeness (QED) is 0.504. The lowest BCUT2D eigenvalue weighted by atomic mass is 9.98. The first-order valence-electron chi connectivity index (χ1n) is 10.4. The number of carboxylic acid groups (broad SMARTS) is 1. The van der Waals surface area contributed by atoms with E-state index in [4.69, 9.17) is 9.84 Å². The fraction of sp³-hybridized carbons (Fsp3) is 0.261. The number of anilines is 1. The Balaban J connectivity index is 1.40. The van der Waals surface area contributed by atoms with Crippen LogP contribution in [0, 0.1) is 0 Å². The third kappa shape index (κ3) is 4.54. The lowest BCUT2D eigenvalue weighted by Crippen LogP contribution is -2.41. The second kappa shape index (κ2) is 9.11. The normalized spacial score (nSPS) is 12.2. The molecule has 10 heteroatoms. The maximum atomic E-state index is 12.5. The molecule has 0 atom stereocenters. The number of nitrogens with one attached hydrogen (secondary N) is 2. The van der Waals surface area contributed by atoms with Crippen LogP contribution >= 0.6 is 0 Å². The molecule has 0 saturated heterocycles. The van der Waals surface area contributed by atoms with Crippen LogP contribution in [-0.4, -0.2) is 62.4 Å². The molecule has 0 radical (unpaired) electrons. The number of aromatic amines is 1. The Morgan fingerprint density at radius 1 is 1.09 bits per heavy atom. The summed E-state index contributed by atoms with van der Waals surface area (Å²) in [5.74, 6) is -2.20. The van der Waals surface area contributed by atoms with Crippen molar-refractivity contribution in [2.45, 2.75) is 25.8 Å². The van der Waals surface area contributed by atoms with E-state index < -0.39 is 24.5 Å². The zero-order valence-electron chi connectivity index (χ0n) is 18.1. The molecular formula is C23H23N5O5. The molecule has 1 heterocycles. The summed E-state index contributed by atoms with van der Waals surface area (Å²) in [5, 5.41) is 17.6. The summed E-state index contributed by atoms with van der Waals surface area (Å²) in [5.41, 5.74) is 4.42. The number of carbonyl (C=O) groups excluding carboxylic acids is 2. The average molecular weight is 449 g/mol. The summed E-state index contributed by atoms with van der Waals surface area (Å²) in [6.07, 6.45) is -0.763. The second-order valence-corrected chi connectivity index (χ2v) is 7.88. The smallest absolute Gasteiger partial charge is 0.414 e. The van der Waals surface area contributed by atoms with Crippen LogP contribution in [0.4, 0.5) is 10.7 Å². The number of rotatable bonds is 7. The summed E-state index contributed by atoms with van der Waals surface area (Å²) in [6.45, 7) is 3.02. The molecule has 0 unspecified atom stereocenters. The van der Waals surface area contributed by atoms with Crippen molar-refractivity contribution in [3.05, 3.63) is 65.5 Å². The molecule has 2 amide bonds. The highest BCUT2D eigenvalue weighted by Crippen LogP contribution is 2.44. The number of nitrogens with zero attached hydrogens (tertiary/aromatic N) is 3. The Bertz CT molecular complexity index is 1160. The molecule has 1 aliphatic carbocycles. The van der Waals surface area contributed by atoms with Crippen molar-refractivity contribution in [3.8, 4) is 11.1 Å². The van der Waals surface area contributed by atoms with Crippen LogP contribution < -0.4 is 5.32 Å². The highest BCUT2D eigenvalue weighted by atomic mass is 16.5. The van der Waals surface area contributed by atoms with E-state index in [0.717, 1.165) is 27.2 Å². The van der Waals surface area contributed by atoms with Crippen molar-refractivity contribution in [3.63, 3.8) is 0 Å². The van der Waals surface area contributed by atoms with Gasteiger partial charge in [0.25, 0.3) is 11.9 Å². The third-order valence-electron chi connectivity index (χ3n) is 5.44. The number of hydrogen-bond acceptors (Lipinski definition) is 6. The number of hydrogen-bond donors (Lipinski definition) is 3. The van der Waals surface area contributed by atoms with Crippen LogP contribution in [0.15, 0.2) is 48.5 Å². The Kier molecular flexibility index (Phi) is 6.07. The van der Waals surface area contributed by atoms with E-state index >= 15 is 0 Å². The largest absolute Gasteiger partial charge is 0.480 e. The number of ether oxygens (including phenoxy) is 1. The molecule has 0 aliphatic heterocycles. The first kappa shape index (κ1) is 22.0. The van der Waals surface area contributed by atoms with E-state index in [2.05, 4.69) is 20.5 Å². The predicted octanol–water partition coefficient (Wildman–Crippen LogP) is 3.10. The lowest BCUT2D eigenvalue weighted by molar-refractivity contribution is -0.138. The molecule has 3 N–H and O–H groups in total. The minimum Gasteiger partial charge on any atom is -0.480 e. The van der Waals surface area contributed by atoms with E-state index in [-0.39, 0.29) is 30.3 Å². The molecule has 0 bridgehead atoms. The van der Waals surface area contributed by atoms with Crippen molar-refractivity contribution >= 4 is 23.9 Å². The van der Waals surface area contributed by atoms with Crippen LogP contribution in [-0.2, 0) is 9.53 Å². The monoisotopic (exact) mass is 449 g/mol. The number of amides is 2. The fourth-order valence-electron chi connectivity index (χ4n) is 3.91. The molecule has 1 aromatic heterocycles. The number of carboxylic acids is 1. The van der Waals surface area contributed by atoms with Crippen LogP contribution in [0.1, 0.15) is 41.5 Å². The Hall–Kier alpha value is -4.21. The summed E-state index contributed by atoms with van der Waals surface area (Å²) in [6, 6.07) is 15.6. The van der Waals surface area contributed by atoms with Gasteiger partial charge in [0.1, 0.15) is 13.2 Å². The van der Waals surface area contributed by atoms with E-state index in [1.54, 1.807) is 13.8 Å². The summed E-state index contributed by atoms with van der Waals surface area (Å²) in [7, 11) is 0. The van der Waals surface area contributed by atoms with Crippen molar-refractivity contribution < 1.29 is 24.2 Å². The molecule has 0 spiro atoms. The Morgan fingerprint density at radius 3 is 2.27 bits per heavy atom. The van der Waals surface area contributed by atoms with Gasteiger partial charge in [0.05, 0.1) is 0 Å². The van der Waals surface area contributed by atoms with E-state index in [0.29, 0.717) is 0 Å². The molecule has 4 rings (SSSR count). The summed E-state index contributed by atoms with van der Waals surface area (Å²) in [4.78, 5) is 41.0. The summed E-state index contributed by atoms with van der Waals surface area (Å²) >= 11 is 0. The molecule has 170 valence electrons. The van der Waals surface area contributed by atoms with Gasteiger partial charge < -0.3 is 14.7 Å². The van der Waals surface area contributed by atoms with Crippen molar-refractivity contribution in [1.29, 1.82) is 0 Å². The number of carbonyl (C=O) groups is 3. The maximum Gasteiger partial charge on any atom is 0.414 e. The average Bonchev–Trinajstić information content (AvgIpc) is 3.38. The zero-order valence-corrected chi connectivity index (χ0v) is 18.1. The highest BCUT2D eigenvalue weighted by molar-refractivity contribution is 5.93. The van der Waals surface area contributed by atoms with Crippen LogP contribution in [0.3, 0.4) is 0 Å². The van der Waals surface area contributed by atoms with Gasteiger partial charge in [-0.15, -0.1) is 5.10 Å². The number of aromatic nitrogens is 3. The van der Waals surface area contributed by atoms with Crippen LogP contribution in [0.5, 0.6) is 0 Å². The molecule has 10 nitrogen and oxygen atoms in total. The lowest BCUT2D eigenvalue weighted by Gasteiger charge is -2.23. The van der Waals surface area contributed by atoms with Crippen molar-refractivity contribution in [2.75, 3.05) is 18.5 Å². The zero-order chi connectivity index (χ0) is 23.5. The minimum absolute atomic E-state index is 0.0944. The van der Waals surface area contributed by atoms with Gasteiger partial charge in [-0.25, -0.2) is 4.79 Å². The van der Waals surface area contributed by atoms with Gasteiger partial charge >= 0.3 is 12.1 Å². The van der Waals surface area contributed by atoms with Crippen LogP contribution in [0.25, 0.3) is 11.1 Å². The molecule has 0 fully saturated rings. The van der Waals surface area contributed by atoms with Gasteiger partial charge in [-0.2, -0.15) is 4.98 Å². The topological polar surface area (TPSA) is 138 Å². The van der Waals surface area contributed by atoms with E-state index in [1.807, 2.05) is 48.5 Å². The molecule has 33 heavy (non-hydrogen) atoms. The number of aliphatic carboxylic acids is 1. The number of H-pyrrole nitrogens is 1. The SMILES string of the molecule is CC(C)N(CC(=O)O)C(=O)c1nc(NC(=O)OCC2c3ccccc3-c3ccccc32)n[nH]1. The van der Waals surface area contributed by atoms with Crippen LogP contribution in [0.2, 0.25) is 0 Å².